The lowest BCUT2D eigenvalue weighted by Gasteiger charge is -2.04. The summed E-state index contributed by atoms with van der Waals surface area (Å²) in [5, 5.41) is 9.89. The molecular weight excluding hydrogens is 202 g/mol. The molecule has 0 fully saturated rings. The summed E-state index contributed by atoms with van der Waals surface area (Å²) in [7, 11) is 0. The van der Waals surface area contributed by atoms with E-state index in [0.717, 1.165) is 30.9 Å². The molecule has 0 aliphatic heterocycles. The number of nitrogens with one attached hydrogen (secondary N) is 2. The number of para-hydroxylation sites is 1. The summed E-state index contributed by atoms with van der Waals surface area (Å²) in [5.74, 6) is 1.15. The van der Waals surface area contributed by atoms with Crippen LogP contribution in [-0.2, 0) is 6.42 Å². The third-order valence-corrected chi connectivity index (χ3v) is 2.24. The molecule has 0 unspecified atom stereocenters. The number of nitrogens with zero attached hydrogens (tertiary/aromatic N) is 2. The van der Waals surface area contributed by atoms with E-state index in [4.69, 9.17) is 5.73 Å². The molecule has 0 aliphatic carbocycles. The van der Waals surface area contributed by atoms with Crippen LogP contribution in [0, 0.1) is 0 Å². The van der Waals surface area contributed by atoms with E-state index >= 15 is 0 Å². The highest BCUT2D eigenvalue weighted by Crippen LogP contribution is 2.05. The van der Waals surface area contributed by atoms with Gasteiger partial charge >= 0.3 is 0 Å². The molecule has 84 valence electrons. The van der Waals surface area contributed by atoms with Gasteiger partial charge in [-0.1, -0.05) is 18.2 Å². The van der Waals surface area contributed by atoms with Crippen molar-refractivity contribution in [1.29, 1.82) is 0 Å². The molecule has 0 bridgehead atoms. The number of aromatic nitrogens is 3. The van der Waals surface area contributed by atoms with Gasteiger partial charge in [0.1, 0.15) is 5.82 Å². The maximum atomic E-state index is 5.40. The number of rotatable bonds is 5. The van der Waals surface area contributed by atoms with Gasteiger partial charge in [-0.15, -0.1) is 5.10 Å². The SMILES string of the molecule is Nc1n[nH]c(CCCNc2ccccc2)n1. The normalized spacial score (nSPS) is 10.2. The van der Waals surface area contributed by atoms with E-state index in [2.05, 4.69) is 20.5 Å². The lowest BCUT2D eigenvalue weighted by Crippen LogP contribution is -2.03. The third kappa shape index (κ3) is 2.98. The molecule has 0 atom stereocenters. The quantitative estimate of drug-likeness (QED) is 0.662. The Morgan fingerprint density at radius 1 is 1.25 bits per heavy atom. The lowest BCUT2D eigenvalue weighted by atomic mass is 10.2. The molecule has 1 heterocycles. The fourth-order valence-corrected chi connectivity index (χ4v) is 1.47. The van der Waals surface area contributed by atoms with Crippen LogP contribution < -0.4 is 11.1 Å². The van der Waals surface area contributed by atoms with Crippen molar-refractivity contribution in [3.05, 3.63) is 36.2 Å². The molecule has 0 amide bonds. The van der Waals surface area contributed by atoms with Crippen molar-refractivity contribution < 1.29 is 0 Å². The van der Waals surface area contributed by atoms with Gasteiger partial charge in [0.05, 0.1) is 0 Å². The summed E-state index contributed by atoms with van der Waals surface area (Å²) in [6.07, 6.45) is 1.84. The van der Waals surface area contributed by atoms with Gasteiger partial charge in [-0.3, -0.25) is 5.10 Å². The Kier molecular flexibility index (Phi) is 3.38. The van der Waals surface area contributed by atoms with E-state index in [9.17, 15) is 0 Å². The highest BCUT2D eigenvalue weighted by molar-refractivity contribution is 5.42. The van der Waals surface area contributed by atoms with Gasteiger partial charge in [0.2, 0.25) is 5.95 Å². The van der Waals surface area contributed by atoms with Crippen LogP contribution in [0.25, 0.3) is 0 Å². The molecule has 0 spiro atoms. The molecule has 16 heavy (non-hydrogen) atoms. The molecule has 0 saturated heterocycles. The Balaban J connectivity index is 1.69. The molecule has 0 aliphatic rings. The van der Waals surface area contributed by atoms with Crippen molar-refractivity contribution in [3.63, 3.8) is 0 Å². The van der Waals surface area contributed by atoms with Crippen molar-refractivity contribution in [2.45, 2.75) is 12.8 Å². The molecule has 0 saturated carbocycles. The Hall–Kier alpha value is -2.04. The monoisotopic (exact) mass is 217 g/mol. The van der Waals surface area contributed by atoms with E-state index in [1.807, 2.05) is 30.3 Å². The molecule has 2 rings (SSSR count). The van der Waals surface area contributed by atoms with Crippen molar-refractivity contribution in [3.8, 4) is 0 Å². The highest BCUT2D eigenvalue weighted by Gasteiger charge is 1.98. The predicted molar refractivity (Wildman–Crippen MR) is 64.0 cm³/mol. The molecule has 5 heteroatoms. The van der Waals surface area contributed by atoms with Gasteiger partial charge in [0, 0.05) is 18.7 Å². The first-order valence-electron chi connectivity index (χ1n) is 5.30. The molecule has 4 N–H and O–H groups in total. The van der Waals surface area contributed by atoms with Crippen molar-refractivity contribution in [1.82, 2.24) is 15.2 Å². The first kappa shape index (κ1) is 10.5. The van der Waals surface area contributed by atoms with Gasteiger partial charge in [-0.05, 0) is 18.6 Å². The van der Waals surface area contributed by atoms with Crippen LogP contribution in [0.5, 0.6) is 0 Å². The topological polar surface area (TPSA) is 79.6 Å². The Bertz CT molecular complexity index is 423. The molecule has 0 radical (unpaired) electrons. The first-order chi connectivity index (χ1) is 7.84. The number of nitrogens with two attached hydrogens (primary N) is 1. The summed E-state index contributed by atoms with van der Waals surface area (Å²) in [5.41, 5.74) is 6.54. The number of aryl methyl sites for hydroxylation is 1. The van der Waals surface area contributed by atoms with Crippen LogP contribution in [0.1, 0.15) is 12.2 Å². The average Bonchev–Trinajstić information content (AvgIpc) is 2.72. The lowest BCUT2D eigenvalue weighted by molar-refractivity contribution is 0.806. The Morgan fingerprint density at radius 2 is 2.06 bits per heavy atom. The van der Waals surface area contributed by atoms with Crippen LogP contribution in [-0.4, -0.2) is 21.7 Å². The number of anilines is 2. The number of benzene rings is 1. The second-order valence-electron chi connectivity index (χ2n) is 3.54. The summed E-state index contributed by atoms with van der Waals surface area (Å²) in [4.78, 5) is 4.04. The number of hydrogen-bond acceptors (Lipinski definition) is 4. The zero-order chi connectivity index (χ0) is 11.2. The minimum absolute atomic E-state index is 0.311. The van der Waals surface area contributed by atoms with Crippen molar-refractivity contribution >= 4 is 11.6 Å². The molecule has 1 aromatic carbocycles. The van der Waals surface area contributed by atoms with Gasteiger partial charge < -0.3 is 11.1 Å². The fourth-order valence-electron chi connectivity index (χ4n) is 1.47. The van der Waals surface area contributed by atoms with Crippen LogP contribution in [0.2, 0.25) is 0 Å². The smallest absolute Gasteiger partial charge is 0.239 e. The first-order valence-corrected chi connectivity index (χ1v) is 5.30. The highest BCUT2D eigenvalue weighted by atomic mass is 15.3. The maximum absolute atomic E-state index is 5.40. The van der Waals surface area contributed by atoms with Crippen LogP contribution >= 0.6 is 0 Å². The second-order valence-corrected chi connectivity index (χ2v) is 3.54. The number of H-pyrrole nitrogens is 1. The standard InChI is InChI=1S/C11H15N5/c12-11-14-10(15-16-11)7-4-8-13-9-5-2-1-3-6-9/h1-3,5-6,13H,4,7-8H2,(H3,12,14,15,16). The number of aromatic amines is 1. The second kappa shape index (κ2) is 5.16. The van der Waals surface area contributed by atoms with E-state index in [-0.39, 0.29) is 0 Å². The Labute approximate surface area is 94.1 Å². The maximum Gasteiger partial charge on any atom is 0.239 e. The fraction of sp³-hybridized carbons (Fsp3) is 0.273. The molecule has 5 nitrogen and oxygen atoms in total. The van der Waals surface area contributed by atoms with Crippen LogP contribution in [0.4, 0.5) is 11.6 Å². The average molecular weight is 217 g/mol. The third-order valence-electron chi connectivity index (χ3n) is 2.24. The van der Waals surface area contributed by atoms with E-state index in [1.165, 1.54) is 0 Å². The van der Waals surface area contributed by atoms with Gasteiger partial charge in [0.25, 0.3) is 0 Å². The molecular formula is C11H15N5. The van der Waals surface area contributed by atoms with Gasteiger partial charge in [-0.2, -0.15) is 4.98 Å². The predicted octanol–water partition coefficient (Wildman–Crippen LogP) is 1.43. The van der Waals surface area contributed by atoms with E-state index < -0.39 is 0 Å². The van der Waals surface area contributed by atoms with Crippen molar-refractivity contribution in [2.75, 3.05) is 17.6 Å². The summed E-state index contributed by atoms with van der Waals surface area (Å²) >= 11 is 0. The minimum atomic E-state index is 0.311. The minimum Gasteiger partial charge on any atom is -0.385 e. The molecule has 1 aromatic heterocycles. The largest absolute Gasteiger partial charge is 0.385 e. The van der Waals surface area contributed by atoms with Crippen molar-refractivity contribution in [2.24, 2.45) is 0 Å². The molecule has 2 aromatic rings. The summed E-state index contributed by atoms with van der Waals surface area (Å²) in [6.45, 7) is 0.907. The van der Waals surface area contributed by atoms with Crippen LogP contribution in [0.3, 0.4) is 0 Å². The summed E-state index contributed by atoms with van der Waals surface area (Å²) < 4.78 is 0. The van der Waals surface area contributed by atoms with E-state index in [1.54, 1.807) is 0 Å². The van der Waals surface area contributed by atoms with Crippen LogP contribution in [0.15, 0.2) is 30.3 Å². The van der Waals surface area contributed by atoms with Gasteiger partial charge in [-0.25, -0.2) is 0 Å². The summed E-state index contributed by atoms with van der Waals surface area (Å²) in [6, 6.07) is 10.1. The zero-order valence-corrected chi connectivity index (χ0v) is 8.98. The number of hydrogen-bond donors (Lipinski definition) is 3. The Morgan fingerprint density at radius 3 is 2.75 bits per heavy atom. The van der Waals surface area contributed by atoms with E-state index in [0.29, 0.717) is 5.95 Å². The number of nitrogen functional groups attached to an aromatic ring is 1. The zero-order valence-electron chi connectivity index (χ0n) is 8.98. The van der Waals surface area contributed by atoms with Gasteiger partial charge in [0.15, 0.2) is 0 Å².